The minimum absolute atomic E-state index is 0.0695. The Morgan fingerprint density at radius 3 is 2.83 bits per heavy atom. The number of allylic oxidation sites excluding steroid dienone is 2. The number of carbonyl (C=O) groups is 1. The lowest BCUT2D eigenvalue weighted by atomic mass is 10.0. The molecule has 0 bridgehead atoms. The van der Waals surface area contributed by atoms with Gasteiger partial charge >= 0.3 is 0 Å². The topological polar surface area (TPSA) is 42.0 Å². The van der Waals surface area contributed by atoms with Gasteiger partial charge in [0.05, 0.1) is 15.9 Å². The molecule has 1 unspecified atom stereocenters. The fraction of sp³-hybridized carbons (Fsp3) is 0.200. The van der Waals surface area contributed by atoms with Crippen molar-refractivity contribution in [1.82, 2.24) is 4.98 Å². The van der Waals surface area contributed by atoms with Crippen molar-refractivity contribution in [1.29, 1.82) is 0 Å². The van der Waals surface area contributed by atoms with Gasteiger partial charge in [-0.1, -0.05) is 36.4 Å². The van der Waals surface area contributed by atoms with Crippen LogP contribution in [0, 0.1) is 5.92 Å². The molecular weight excluding hydrogens is 316 g/mol. The van der Waals surface area contributed by atoms with Crippen LogP contribution in [-0.4, -0.2) is 10.9 Å². The number of nitrogens with zero attached hydrogens (tertiary/aromatic N) is 1. The van der Waals surface area contributed by atoms with Gasteiger partial charge in [-0.25, -0.2) is 4.98 Å². The van der Waals surface area contributed by atoms with Crippen molar-refractivity contribution in [3.05, 3.63) is 60.7 Å². The molecule has 4 rings (SSSR count). The SMILES string of the molecule is O=C(CC1C=CCC1)Nc1ccccc1-c1nc2ccccc2s1. The summed E-state index contributed by atoms with van der Waals surface area (Å²) in [7, 11) is 0. The number of hydrogen-bond acceptors (Lipinski definition) is 3. The predicted octanol–water partition coefficient (Wildman–Crippen LogP) is 5.26. The van der Waals surface area contributed by atoms with Crippen LogP contribution in [0.4, 0.5) is 5.69 Å². The first-order valence-corrected chi connectivity index (χ1v) is 9.03. The van der Waals surface area contributed by atoms with Crippen LogP contribution in [0.3, 0.4) is 0 Å². The number of aromatic nitrogens is 1. The summed E-state index contributed by atoms with van der Waals surface area (Å²) in [5, 5.41) is 4.01. The highest BCUT2D eigenvalue weighted by Crippen LogP contribution is 2.34. The van der Waals surface area contributed by atoms with Crippen molar-refractivity contribution in [2.75, 3.05) is 5.32 Å². The van der Waals surface area contributed by atoms with Crippen molar-refractivity contribution in [3.63, 3.8) is 0 Å². The molecule has 0 saturated heterocycles. The smallest absolute Gasteiger partial charge is 0.224 e. The highest BCUT2D eigenvalue weighted by atomic mass is 32.1. The fourth-order valence-corrected chi connectivity index (χ4v) is 4.08. The lowest BCUT2D eigenvalue weighted by Gasteiger charge is -2.11. The quantitative estimate of drug-likeness (QED) is 0.661. The first-order chi connectivity index (χ1) is 11.8. The third-order valence-electron chi connectivity index (χ3n) is 4.29. The lowest BCUT2D eigenvalue weighted by Crippen LogP contribution is -2.15. The van der Waals surface area contributed by atoms with Crippen molar-refractivity contribution in [2.24, 2.45) is 5.92 Å². The van der Waals surface area contributed by atoms with E-state index in [2.05, 4.69) is 23.5 Å². The maximum atomic E-state index is 12.4. The van der Waals surface area contributed by atoms with Crippen LogP contribution in [-0.2, 0) is 4.79 Å². The molecule has 1 heterocycles. The first-order valence-electron chi connectivity index (χ1n) is 8.21. The first kappa shape index (κ1) is 15.1. The summed E-state index contributed by atoms with van der Waals surface area (Å²) in [5.74, 6) is 0.444. The predicted molar refractivity (Wildman–Crippen MR) is 100 cm³/mol. The van der Waals surface area contributed by atoms with E-state index in [0.29, 0.717) is 12.3 Å². The van der Waals surface area contributed by atoms with E-state index < -0.39 is 0 Å². The minimum Gasteiger partial charge on any atom is -0.325 e. The standard InChI is InChI=1S/C20H18N2OS/c23-19(13-14-7-1-2-8-14)21-16-10-4-3-9-15(16)20-22-17-11-5-6-12-18(17)24-20/h1,3-7,9-12,14H,2,8,13H2,(H,21,23). The zero-order valence-electron chi connectivity index (χ0n) is 13.2. The summed E-state index contributed by atoms with van der Waals surface area (Å²) in [5.41, 5.74) is 2.81. The van der Waals surface area contributed by atoms with Crippen molar-refractivity contribution >= 4 is 33.1 Å². The Morgan fingerprint density at radius 2 is 2.00 bits per heavy atom. The number of benzene rings is 2. The van der Waals surface area contributed by atoms with Gasteiger partial charge in [-0.2, -0.15) is 0 Å². The summed E-state index contributed by atoms with van der Waals surface area (Å²) in [6.07, 6.45) is 7.02. The normalized spacial score (nSPS) is 16.6. The molecule has 1 N–H and O–H groups in total. The van der Waals surface area contributed by atoms with Crippen LogP contribution in [0.25, 0.3) is 20.8 Å². The molecule has 0 aliphatic heterocycles. The third-order valence-corrected chi connectivity index (χ3v) is 5.36. The van der Waals surface area contributed by atoms with Crippen LogP contribution >= 0.6 is 11.3 Å². The van der Waals surface area contributed by atoms with Gasteiger partial charge in [0.2, 0.25) is 5.91 Å². The van der Waals surface area contributed by atoms with Crippen LogP contribution in [0.5, 0.6) is 0 Å². The van der Waals surface area contributed by atoms with E-state index in [0.717, 1.165) is 39.3 Å². The molecule has 1 aliphatic rings. The summed E-state index contributed by atoms with van der Waals surface area (Å²) >= 11 is 1.65. The maximum absolute atomic E-state index is 12.4. The number of carbonyl (C=O) groups excluding carboxylic acids is 1. The Morgan fingerprint density at radius 1 is 1.17 bits per heavy atom. The van der Waals surface area contributed by atoms with Gasteiger partial charge in [-0.05, 0) is 43.0 Å². The second-order valence-corrected chi connectivity index (χ2v) is 7.08. The van der Waals surface area contributed by atoms with Gasteiger partial charge in [0.25, 0.3) is 0 Å². The van der Waals surface area contributed by atoms with Crippen molar-refractivity contribution in [3.8, 4) is 10.6 Å². The zero-order chi connectivity index (χ0) is 16.4. The number of fused-ring (bicyclic) bond motifs is 1. The molecule has 1 amide bonds. The highest BCUT2D eigenvalue weighted by Gasteiger charge is 2.16. The van der Waals surface area contributed by atoms with E-state index >= 15 is 0 Å². The molecule has 4 heteroatoms. The Balaban J connectivity index is 1.60. The number of nitrogens with one attached hydrogen (secondary N) is 1. The van der Waals surface area contributed by atoms with Crippen molar-refractivity contribution < 1.29 is 4.79 Å². The van der Waals surface area contributed by atoms with Gasteiger partial charge in [0.15, 0.2) is 0 Å². The second kappa shape index (κ2) is 6.57. The van der Waals surface area contributed by atoms with Crippen LogP contribution in [0.15, 0.2) is 60.7 Å². The average Bonchev–Trinajstić information content (AvgIpc) is 3.24. The molecule has 24 heavy (non-hydrogen) atoms. The number of thiazole rings is 1. The molecule has 2 aromatic carbocycles. The van der Waals surface area contributed by atoms with Crippen LogP contribution in [0.2, 0.25) is 0 Å². The molecule has 120 valence electrons. The monoisotopic (exact) mass is 334 g/mol. The Hall–Kier alpha value is -2.46. The molecular formula is C20H18N2OS. The fourth-order valence-electron chi connectivity index (χ4n) is 3.07. The number of hydrogen-bond donors (Lipinski definition) is 1. The van der Waals surface area contributed by atoms with E-state index in [1.807, 2.05) is 42.5 Å². The number of anilines is 1. The van der Waals surface area contributed by atoms with Gasteiger partial charge in [-0.15, -0.1) is 11.3 Å². The highest BCUT2D eigenvalue weighted by molar-refractivity contribution is 7.21. The Bertz CT molecular complexity index is 880. The molecule has 0 radical (unpaired) electrons. The third kappa shape index (κ3) is 3.10. The second-order valence-electron chi connectivity index (χ2n) is 6.05. The molecule has 3 nitrogen and oxygen atoms in total. The molecule has 1 atom stereocenters. The molecule has 3 aromatic rings. The molecule has 0 fully saturated rings. The largest absolute Gasteiger partial charge is 0.325 e. The molecule has 0 saturated carbocycles. The molecule has 1 aromatic heterocycles. The summed E-state index contributed by atoms with van der Waals surface area (Å²) < 4.78 is 1.16. The molecule has 0 spiro atoms. The average molecular weight is 334 g/mol. The van der Waals surface area contributed by atoms with E-state index in [9.17, 15) is 4.79 Å². The minimum atomic E-state index is 0.0695. The maximum Gasteiger partial charge on any atom is 0.224 e. The number of para-hydroxylation sites is 2. The number of rotatable bonds is 4. The summed E-state index contributed by atoms with van der Waals surface area (Å²) in [6, 6.07) is 16.0. The summed E-state index contributed by atoms with van der Waals surface area (Å²) in [6.45, 7) is 0. The van der Waals surface area contributed by atoms with Gasteiger partial charge in [-0.3, -0.25) is 4.79 Å². The van der Waals surface area contributed by atoms with E-state index in [1.165, 1.54) is 0 Å². The summed E-state index contributed by atoms with van der Waals surface area (Å²) in [4.78, 5) is 17.1. The Kier molecular flexibility index (Phi) is 4.13. The van der Waals surface area contributed by atoms with Gasteiger partial charge < -0.3 is 5.32 Å². The van der Waals surface area contributed by atoms with Crippen LogP contribution in [0.1, 0.15) is 19.3 Å². The molecule has 1 aliphatic carbocycles. The van der Waals surface area contributed by atoms with Gasteiger partial charge in [0.1, 0.15) is 5.01 Å². The van der Waals surface area contributed by atoms with E-state index in [4.69, 9.17) is 4.98 Å². The van der Waals surface area contributed by atoms with Gasteiger partial charge in [0, 0.05) is 12.0 Å². The number of amides is 1. The lowest BCUT2D eigenvalue weighted by molar-refractivity contribution is -0.116. The zero-order valence-corrected chi connectivity index (χ0v) is 14.1. The van der Waals surface area contributed by atoms with Crippen molar-refractivity contribution in [2.45, 2.75) is 19.3 Å². The van der Waals surface area contributed by atoms with Crippen LogP contribution < -0.4 is 5.32 Å². The van der Waals surface area contributed by atoms with E-state index in [-0.39, 0.29) is 5.91 Å². The Labute approximate surface area is 145 Å². The van der Waals surface area contributed by atoms with E-state index in [1.54, 1.807) is 11.3 Å².